The molecule has 0 fully saturated rings. The molecule has 0 bridgehead atoms. The maximum Gasteiger partial charge on any atom is 0.194 e. The Morgan fingerprint density at radius 3 is 2.15 bits per heavy atom. The zero-order valence-electron chi connectivity index (χ0n) is 10.8. The summed E-state index contributed by atoms with van der Waals surface area (Å²) < 4.78 is 40.0. The largest absolute Gasteiger partial charge is 0.306 e. The van der Waals surface area contributed by atoms with Crippen molar-refractivity contribution < 1.29 is 13.2 Å². The van der Waals surface area contributed by atoms with E-state index in [0.717, 1.165) is 22.2 Å². The molecule has 0 aliphatic rings. The molecule has 0 aliphatic carbocycles. The van der Waals surface area contributed by atoms with Crippen molar-refractivity contribution in [2.75, 3.05) is 0 Å². The summed E-state index contributed by atoms with van der Waals surface area (Å²) in [7, 11) is 0. The number of hydrogen-bond acceptors (Lipinski definition) is 1. The smallest absolute Gasteiger partial charge is 0.194 e. The van der Waals surface area contributed by atoms with E-state index in [1.54, 1.807) is 0 Å². The minimum absolute atomic E-state index is 0.0132. The molecule has 0 aliphatic heterocycles. The van der Waals surface area contributed by atoms with Crippen LogP contribution >= 0.6 is 15.9 Å². The van der Waals surface area contributed by atoms with Crippen LogP contribution in [0, 0.1) is 17.5 Å². The van der Waals surface area contributed by atoms with E-state index in [0.29, 0.717) is 5.56 Å². The molecule has 0 saturated carbocycles. The summed E-state index contributed by atoms with van der Waals surface area (Å²) in [4.78, 5) is 0. The van der Waals surface area contributed by atoms with E-state index in [1.165, 1.54) is 0 Å². The van der Waals surface area contributed by atoms with E-state index < -0.39 is 17.5 Å². The van der Waals surface area contributed by atoms with Crippen LogP contribution in [0.2, 0.25) is 0 Å². The summed E-state index contributed by atoms with van der Waals surface area (Å²) in [6.07, 6.45) is 0. The highest BCUT2D eigenvalue weighted by atomic mass is 79.9. The van der Waals surface area contributed by atoms with Gasteiger partial charge in [-0.15, -0.1) is 0 Å². The normalized spacial score (nSPS) is 12.4. The van der Waals surface area contributed by atoms with E-state index in [1.807, 2.05) is 31.2 Å². The second-order valence-corrected chi connectivity index (χ2v) is 5.44. The van der Waals surface area contributed by atoms with Crippen molar-refractivity contribution in [3.8, 4) is 0 Å². The van der Waals surface area contributed by atoms with Gasteiger partial charge >= 0.3 is 0 Å². The Bertz CT molecular complexity index is 576. The third-order valence-electron chi connectivity index (χ3n) is 3.03. The molecule has 0 unspecified atom stereocenters. The van der Waals surface area contributed by atoms with Crippen molar-refractivity contribution >= 4 is 15.9 Å². The SMILES string of the molecule is C[C@H](NCc1cc(F)c(F)c(F)c1)c1ccc(Br)cc1. The molecule has 1 nitrogen and oxygen atoms in total. The Morgan fingerprint density at radius 1 is 1.05 bits per heavy atom. The topological polar surface area (TPSA) is 12.0 Å². The fourth-order valence-electron chi connectivity index (χ4n) is 1.85. The van der Waals surface area contributed by atoms with Crippen LogP contribution in [-0.4, -0.2) is 0 Å². The highest BCUT2D eigenvalue weighted by Crippen LogP contribution is 2.18. The highest BCUT2D eigenvalue weighted by molar-refractivity contribution is 9.10. The second kappa shape index (κ2) is 6.41. The standard InChI is InChI=1S/C15H13BrF3N/c1-9(11-2-4-12(16)5-3-11)20-8-10-6-13(17)15(19)14(18)7-10/h2-7,9,20H,8H2,1H3/t9-/m0/s1. The van der Waals surface area contributed by atoms with Gasteiger partial charge in [-0.1, -0.05) is 28.1 Å². The third-order valence-corrected chi connectivity index (χ3v) is 3.55. The average Bonchev–Trinajstić information content (AvgIpc) is 2.42. The first-order chi connectivity index (χ1) is 9.47. The molecule has 1 N–H and O–H groups in total. The molecule has 5 heteroatoms. The summed E-state index contributed by atoms with van der Waals surface area (Å²) in [5.41, 5.74) is 1.42. The molecule has 1 atom stereocenters. The Morgan fingerprint density at radius 2 is 1.60 bits per heavy atom. The number of benzene rings is 2. The predicted octanol–water partition coefficient (Wildman–Crippen LogP) is 4.72. The number of rotatable bonds is 4. The Labute approximate surface area is 123 Å². The van der Waals surface area contributed by atoms with Crippen LogP contribution in [0.4, 0.5) is 13.2 Å². The highest BCUT2D eigenvalue weighted by Gasteiger charge is 2.11. The van der Waals surface area contributed by atoms with Gasteiger partial charge in [0.1, 0.15) is 0 Å². The molecular weight excluding hydrogens is 331 g/mol. The van der Waals surface area contributed by atoms with Gasteiger partial charge in [0.2, 0.25) is 0 Å². The molecule has 2 rings (SSSR count). The molecule has 2 aromatic carbocycles. The fraction of sp³-hybridized carbons (Fsp3) is 0.200. The minimum Gasteiger partial charge on any atom is -0.306 e. The lowest BCUT2D eigenvalue weighted by molar-refractivity contribution is 0.443. The summed E-state index contributed by atoms with van der Waals surface area (Å²) in [6, 6.07) is 9.76. The zero-order chi connectivity index (χ0) is 14.7. The number of halogens is 4. The van der Waals surface area contributed by atoms with E-state index in [9.17, 15) is 13.2 Å². The van der Waals surface area contributed by atoms with Crippen LogP contribution in [0.25, 0.3) is 0 Å². The molecule has 0 spiro atoms. The van der Waals surface area contributed by atoms with E-state index in [-0.39, 0.29) is 12.6 Å². The van der Waals surface area contributed by atoms with E-state index in [2.05, 4.69) is 21.2 Å². The quantitative estimate of drug-likeness (QED) is 0.792. The van der Waals surface area contributed by atoms with Crippen LogP contribution in [0.1, 0.15) is 24.1 Å². The van der Waals surface area contributed by atoms with Gasteiger partial charge in [0.15, 0.2) is 17.5 Å². The second-order valence-electron chi connectivity index (χ2n) is 4.53. The molecule has 0 saturated heterocycles. The third kappa shape index (κ3) is 3.61. The van der Waals surface area contributed by atoms with Gasteiger partial charge in [0.25, 0.3) is 0 Å². The van der Waals surface area contributed by atoms with Crippen molar-refractivity contribution in [2.45, 2.75) is 19.5 Å². The Hall–Kier alpha value is -1.33. The molecule has 0 amide bonds. The van der Waals surface area contributed by atoms with Gasteiger partial charge in [-0.05, 0) is 42.3 Å². The predicted molar refractivity (Wildman–Crippen MR) is 75.7 cm³/mol. The Kier molecular flexibility index (Phi) is 4.83. The lowest BCUT2D eigenvalue weighted by atomic mass is 10.1. The number of nitrogens with one attached hydrogen (secondary N) is 1. The summed E-state index contributed by atoms with van der Waals surface area (Å²) >= 11 is 3.35. The van der Waals surface area contributed by atoms with E-state index >= 15 is 0 Å². The van der Waals surface area contributed by atoms with Crippen molar-refractivity contribution in [3.05, 3.63) is 69.4 Å². The van der Waals surface area contributed by atoms with Crippen LogP contribution in [0.5, 0.6) is 0 Å². The monoisotopic (exact) mass is 343 g/mol. The van der Waals surface area contributed by atoms with Crippen molar-refractivity contribution in [1.82, 2.24) is 5.32 Å². The first-order valence-corrected chi connectivity index (χ1v) is 6.89. The average molecular weight is 344 g/mol. The maximum atomic E-state index is 13.1. The molecule has 0 heterocycles. The first kappa shape index (κ1) is 15.1. The first-order valence-electron chi connectivity index (χ1n) is 6.09. The summed E-state index contributed by atoms with van der Waals surface area (Å²) in [6.45, 7) is 2.20. The van der Waals surface area contributed by atoms with Crippen LogP contribution in [0.15, 0.2) is 40.9 Å². The van der Waals surface area contributed by atoms with Gasteiger partial charge in [-0.2, -0.15) is 0 Å². The molecular formula is C15H13BrF3N. The lowest BCUT2D eigenvalue weighted by Crippen LogP contribution is -2.18. The molecule has 20 heavy (non-hydrogen) atoms. The minimum atomic E-state index is -1.44. The molecule has 0 radical (unpaired) electrons. The molecule has 106 valence electrons. The zero-order valence-corrected chi connectivity index (χ0v) is 12.3. The summed E-state index contributed by atoms with van der Waals surface area (Å²) in [5, 5.41) is 3.14. The fourth-order valence-corrected chi connectivity index (χ4v) is 2.11. The van der Waals surface area contributed by atoms with Gasteiger partial charge in [0, 0.05) is 17.1 Å². The van der Waals surface area contributed by atoms with Crippen molar-refractivity contribution in [2.24, 2.45) is 0 Å². The van der Waals surface area contributed by atoms with Gasteiger partial charge in [-0.25, -0.2) is 13.2 Å². The lowest BCUT2D eigenvalue weighted by Gasteiger charge is -2.14. The van der Waals surface area contributed by atoms with Gasteiger partial charge < -0.3 is 5.32 Å². The summed E-state index contributed by atoms with van der Waals surface area (Å²) in [5.74, 6) is -3.77. The van der Waals surface area contributed by atoms with Crippen molar-refractivity contribution in [1.29, 1.82) is 0 Å². The van der Waals surface area contributed by atoms with Crippen LogP contribution in [-0.2, 0) is 6.54 Å². The molecule has 2 aromatic rings. The van der Waals surface area contributed by atoms with E-state index in [4.69, 9.17) is 0 Å². The van der Waals surface area contributed by atoms with Crippen molar-refractivity contribution in [3.63, 3.8) is 0 Å². The maximum absolute atomic E-state index is 13.1. The molecule has 0 aromatic heterocycles. The van der Waals surface area contributed by atoms with Gasteiger partial charge in [0.05, 0.1) is 0 Å². The Balaban J connectivity index is 2.03. The number of hydrogen-bond donors (Lipinski definition) is 1. The van der Waals surface area contributed by atoms with Crippen LogP contribution < -0.4 is 5.32 Å². The van der Waals surface area contributed by atoms with Gasteiger partial charge in [-0.3, -0.25) is 0 Å². The van der Waals surface area contributed by atoms with Crippen LogP contribution in [0.3, 0.4) is 0 Å².